The number of nitrogens with zero attached hydrogens (tertiary/aromatic N) is 1. The molecule has 1 aromatic rings. The molecule has 0 aliphatic carbocycles. The lowest BCUT2D eigenvalue weighted by atomic mass is 10.1. The van der Waals surface area contributed by atoms with Crippen LogP contribution in [0.4, 0.5) is 0 Å². The van der Waals surface area contributed by atoms with Gasteiger partial charge in [0.2, 0.25) is 0 Å². The minimum absolute atomic E-state index is 0.446. The second kappa shape index (κ2) is 5.17. The van der Waals surface area contributed by atoms with Gasteiger partial charge in [0.15, 0.2) is 0 Å². The van der Waals surface area contributed by atoms with Crippen LogP contribution < -0.4 is 5.32 Å². The zero-order chi connectivity index (χ0) is 11.5. The number of rotatable bonds is 3. The van der Waals surface area contributed by atoms with Gasteiger partial charge in [-0.1, -0.05) is 23.7 Å². The Hall–Kier alpha value is -0.570. The van der Waals surface area contributed by atoms with Crippen LogP contribution in [0.15, 0.2) is 24.3 Å². The predicted octanol–water partition coefficient (Wildman–Crippen LogP) is 2.69. The average molecular weight is 239 g/mol. The summed E-state index contributed by atoms with van der Waals surface area (Å²) in [4.78, 5) is 2.45. The highest BCUT2D eigenvalue weighted by molar-refractivity contribution is 6.30. The molecule has 2 nitrogen and oxygen atoms in total. The topological polar surface area (TPSA) is 15.3 Å². The molecule has 88 valence electrons. The minimum atomic E-state index is 0.446. The Labute approximate surface area is 103 Å². The third kappa shape index (κ3) is 2.57. The van der Waals surface area contributed by atoms with Crippen molar-refractivity contribution in [1.82, 2.24) is 10.2 Å². The van der Waals surface area contributed by atoms with Gasteiger partial charge in [-0.15, -0.1) is 0 Å². The lowest BCUT2D eigenvalue weighted by Gasteiger charge is -2.30. The largest absolute Gasteiger partial charge is 0.315 e. The Morgan fingerprint density at radius 1 is 1.38 bits per heavy atom. The number of hydrogen-bond acceptors (Lipinski definition) is 2. The molecule has 2 rings (SSSR count). The fraction of sp³-hybridized carbons (Fsp3) is 0.538. The highest BCUT2D eigenvalue weighted by atomic mass is 35.5. The van der Waals surface area contributed by atoms with E-state index in [1.807, 2.05) is 12.1 Å². The van der Waals surface area contributed by atoms with Crippen LogP contribution in [-0.4, -0.2) is 31.1 Å². The number of hydrogen-bond donors (Lipinski definition) is 1. The number of halogens is 1. The summed E-state index contributed by atoms with van der Waals surface area (Å²) < 4.78 is 0. The number of likely N-dealkylation sites (N-methyl/N-ethyl adjacent to an activating group) is 1. The maximum Gasteiger partial charge on any atom is 0.0406 e. The van der Waals surface area contributed by atoms with Crippen LogP contribution in [0.3, 0.4) is 0 Å². The van der Waals surface area contributed by atoms with E-state index in [1.165, 1.54) is 12.0 Å². The Balaban J connectivity index is 2.05. The Morgan fingerprint density at radius 3 is 2.62 bits per heavy atom. The number of nitrogens with one attached hydrogen (secondary N) is 1. The highest BCUT2D eigenvalue weighted by Crippen LogP contribution is 2.24. The van der Waals surface area contributed by atoms with E-state index in [-0.39, 0.29) is 0 Å². The minimum Gasteiger partial charge on any atom is -0.315 e. The van der Waals surface area contributed by atoms with Crippen molar-refractivity contribution in [1.29, 1.82) is 0 Å². The summed E-state index contributed by atoms with van der Waals surface area (Å²) in [6.45, 7) is 4.50. The quantitative estimate of drug-likeness (QED) is 0.871. The molecule has 16 heavy (non-hydrogen) atoms. The molecule has 1 aliphatic rings. The molecular weight excluding hydrogens is 220 g/mol. The summed E-state index contributed by atoms with van der Waals surface area (Å²) in [5.41, 5.74) is 1.33. The molecule has 2 atom stereocenters. The van der Waals surface area contributed by atoms with E-state index in [0.29, 0.717) is 12.1 Å². The van der Waals surface area contributed by atoms with E-state index in [4.69, 9.17) is 11.6 Å². The molecule has 0 amide bonds. The molecule has 0 bridgehead atoms. The standard InChI is InChI=1S/C13H19ClN2/c1-10(11-3-5-12(14)6-4-11)16(2)13-7-8-15-9-13/h3-6,10,13,15H,7-9H2,1-2H3. The van der Waals surface area contributed by atoms with Gasteiger partial charge < -0.3 is 5.32 Å². The first kappa shape index (κ1) is 11.9. The van der Waals surface area contributed by atoms with Crippen molar-refractivity contribution in [2.24, 2.45) is 0 Å². The van der Waals surface area contributed by atoms with E-state index in [9.17, 15) is 0 Å². The summed E-state index contributed by atoms with van der Waals surface area (Å²) in [5.74, 6) is 0. The normalized spacial score (nSPS) is 22.6. The van der Waals surface area contributed by atoms with Crippen LogP contribution in [0.5, 0.6) is 0 Å². The summed E-state index contributed by atoms with van der Waals surface area (Å²) in [5, 5.41) is 4.21. The highest BCUT2D eigenvalue weighted by Gasteiger charge is 2.23. The van der Waals surface area contributed by atoms with Crippen molar-refractivity contribution in [3.8, 4) is 0 Å². The van der Waals surface area contributed by atoms with Gasteiger partial charge in [-0.3, -0.25) is 4.90 Å². The van der Waals surface area contributed by atoms with Gasteiger partial charge in [0.25, 0.3) is 0 Å². The van der Waals surface area contributed by atoms with Crippen LogP contribution in [0.2, 0.25) is 5.02 Å². The molecule has 1 aromatic carbocycles. The van der Waals surface area contributed by atoms with Gasteiger partial charge in [-0.05, 0) is 44.6 Å². The average Bonchev–Trinajstić information content (AvgIpc) is 2.81. The van der Waals surface area contributed by atoms with E-state index in [0.717, 1.165) is 18.1 Å². The smallest absolute Gasteiger partial charge is 0.0406 e. The summed E-state index contributed by atoms with van der Waals surface area (Å²) >= 11 is 5.90. The second-order valence-corrected chi connectivity index (χ2v) is 4.98. The number of benzene rings is 1. The molecule has 0 saturated carbocycles. The van der Waals surface area contributed by atoms with E-state index < -0.39 is 0 Å². The Morgan fingerprint density at radius 2 is 2.06 bits per heavy atom. The van der Waals surface area contributed by atoms with Crippen LogP contribution in [-0.2, 0) is 0 Å². The lowest BCUT2D eigenvalue weighted by molar-refractivity contribution is 0.197. The first-order valence-corrected chi connectivity index (χ1v) is 6.24. The first-order chi connectivity index (χ1) is 7.68. The molecule has 1 saturated heterocycles. The molecule has 0 radical (unpaired) electrons. The monoisotopic (exact) mass is 238 g/mol. The fourth-order valence-electron chi connectivity index (χ4n) is 2.28. The van der Waals surface area contributed by atoms with E-state index in [2.05, 4.69) is 36.3 Å². The van der Waals surface area contributed by atoms with Crippen molar-refractivity contribution in [2.45, 2.75) is 25.4 Å². The third-order valence-corrected chi connectivity index (χ3v) is 3.83. The molecule has 2 unspecified atom stereocenters. The van der Waals surface area contributed by atoms with Crippen LogP contribution in [0.25, 0.3) is 0 Å². The maximum absolute atomic E-state index is 5.90. The SMILES string of the molecule is CC(c1ccc(Cl)cc1)N(C)C1CCNC1. The predicted molar refractivity (Wildman–Crippen MR) is 68.9 cm³/mol. The molecule has 3 heteroatoms. The molecule has 1 N–H and O–H groups in total. The lowest BCUT2D eigenvalue weighted by Crippen LogP contribution is -2.35. The van der Waals surface area contributed by atoms with Gasteiger partial charge in [-0.25, -0.2) is 0 Å². The molecule has 0 spiro atoms. The second-order valence-electron chi connectivity index (χ2n) is 4.54. The van der Waals surface area contributed by atoms with E-state index in [1.54, 1.807) is 0 Å². The van der Waals surface area contributed by atoms with Crippen molar-refractivity contribution >= 4 is 11.6 Å². The Kier molecular flexibility index (Phi) is 3.85. The van der Waals surface area contributed by atoms with Gasteiger partial charge in [-0.2, -0.15) is 0 Å². The van der Waals surface area contributed by atoms with E-state index >= 15 is 0 Å². The zero-order valence-electron chi connectivity index (χ0n) is 9.91. The van der Waals surface area contributed by atoms with Gasteiger partial charge in [0.1, 0.15) is 0 Å². The van der Waals surface area contributed by atoms with Crippen LogP contribution >= 0.6 is 11.6 Å². The summed E-state index contributed by atoms with van der Waals surface area (Å²) in [6, 6.07) is 9.27. The Bertz CT molecular complexity index is 330. The van der Waals surface area contributed by atoms with Crippen molar-refractivity contribution in [3.63, 3.8) is 0 Å². The van der Waals surface area contributed by atoms with Gasteiger partial charge in [0.05, 0.1) is 0 Å². The van der Waals surface area contributed by atoms with Crippen LogP contribution in [0.1, 0.15) is 24.9 Å². The van der Waals surface area contributed by atoms with Crippen molar-refractivity contribution in [2.75, 3.05) is 20.1 Å². The van der Waals surface area contributed by atoms with Crippen LogP contribution in [0, 0.1) is 0 Å². The molecular formula is C13H19ClN2. The third-order valence-electron chi connectivity index (χ3n) is 3.57. The molecule has 1 heterocycles. The maximum atomic E-state index is 5.90. The molecule has 0 aromatic heterocycles. The zero-order valence-corrected chi connectivity index (χ0v) is 10.7. The summed E-state index contributed by atoms with van der Waals surface area (Å²) in [7, 11) is 2.21. The van der Waals surface area contributed by atoms with Gasteiger partial charge in [0, 0.05) is 23.7 Å². The van der Waals surface area contributed by atoms with Crippen molar-refractivity contribution in [3.05, 3.63) is 34.9 Å². The van der Waals surface area contributed by atoms with Crippen molar-refractivity contribution < 1.29 is 0 Å². The fourth-order valence-corrected chi connectivity index (χ4v) is 2.41. The van der Waals surface area contributed by atoms with Gasteiger partial charge >= 0.3 is 0 Å². The first-order valence-electron chi connectivity index (χ1n) is 5.86. The molecule has 1 aliphatic heterocycles. The molecule has 1 fully saturated rings. The summed E-state index contributed by atoms with van der Waals surface area (Å²) in [6.07, 6.45) is 1.24.